The van der Waals surface area contributed by atoms with Crippen LogP contribution in [0.2, 0.25) is 5.02 Å². The number of methoxy groups -OCH3 is 1. The van der Waals surface area contributed by atoms with E-state index >= 15 is 0 Å². The minimum Gasteiger partial charge on any atom is -0.484 e. The van der Waals surface area contributed by atoms with Crippen molar-refractivity contribution in [2.75, 3.05) is 7.11 Å². The molecule has 4 nitrogen and oxygen atoms in total. The molecule has 0 spiro atoms. The van der Waals surface area contributed by atoms with Crippen LogP contribution in [0.1, 0.15) is 17.2 Å². The van der Waals surface area contributed by atoms with Gasteiger partial charge in [-0.25, -0.2) is 9.18 Å². The van der Waals surface area contributed by atoms with E-state index in [0.29, 0.717) is 0 Å². The lowest BCUT2D eigenvalue weighted by Crippen LogP contribution is -2.14. The fraction of sp³-hybridized carbons (Fsp3) is 0.188. The third kappa shape index (κ3) is 3.75. The fourth-order valence-electron chi connectivity index (χ4n) is 1.85. The van der Waals surface area contributed by atoms with E-state index in [-0.39, 0.29) is 22.9 Å². The number of ether oxygens (including phenoxy) is 2. The lowest BCUT2D eigenvalue weighted by atomic mass is 10.1. The highest BCUT2D eigenvalue weighted by Gasteiger charge is 2.21. The van der Waals surface area contributed by atoms with Crippen molar-refractivity contribution in [2.24, 2.45) is 0 Å². The van der Waals surface area contributed by atoms with Gasteiger partial charge in [0.15, 0.2) is 17.7 Å². The Bertz CT molecular complexity index is 637. The SMILES string of the molecule is COC(=O)C(O)c1cc(F)c(OCc2ccccc2)c(Cl)c1. The molecule has 0 aliphatic heterocycles. The molecule has 116 valence electrons. The molecule has 0 radical (unpaired) electrons. The number of rotatable bonds is 5. The molecule has 2 rings (SSSR count). The number of hydrogen-bond acceptors (Lipinski definition) is 4. The topological polar surface area (TPSA) is 55.8 Å². The van der Waals surface area contributed by atoms with E-state index in [1.807, 2.05) is 30.3 Å². The number of carbonyl (C=O) groups is 1. The fourth-order valence-corrected chi connectivity index (χ4v) is 2.12. The van der Waals surface area contributed by atoms with Gasteiger partial charge in [-0.3, -0.25) is 0 Å². The second-order valence-electron chi connectivity index (χ2n) is 4.51. The number of aliphatic hydroxyl groups is 1. The number of benzene rings is 2. The monoisotopic (exact) mass is 324 g/mol. The molecule has 0 fully saturated rings. The van der Waals surface area contributed by atoms with Crippen LogP contribution < -0.4 is 4.74 Å². The lowest BCUT2D eigenvalue weighted by Gasteiger charge is -2.13. The quantitative estimate of drug-likeness (QED) is 0.858. The zero-order valence-electron chi connectivity index (χ0n) is 11.8. The van der Waals surface area contributed by atoms with Gasteiger partial charge in [0.25, 0.3) is 0 Å². The van der Waals surface area contributed by atoms with Gasteiger partial charge in [-0.15, -0.1) is 0 Å². The molecule has 0 heterocycles. The molecule has 2 aromatic carbocycles. The van der Waals surface area contributed by atoms with Gasteiger partial charge in [0.05, 0.1) is 12.1 Å². The predicted molar refractivity (Wildman–Crippen MR) is 79.2 cm³/mol. The van der Waals surface area contributed by atoms with Crippen LogP contribution in [0.25, 0.3) is 0 Å². The molecule has 0 amide bonds. The summed E-state index contributed by atoms with van der Waals surface area (Å²) in [6.07, 6.45) is -1.60. The normalized spacial score (nSPS) is 11.8. The molecule has 22 heavy (non-hydrogen) atoms. The van der Waals surface area contributed by atoms with Crippen molar-refractivity contribution in [1.29, 1.82) is 0 Å². The minimum atomic E-state index is -1.60. The molecule has 1 N–H and O–H groups in total. The molecule has 0 aromatic heterocycles. The van der Waals surface area contributed by atoms with E-state index in [1.54, 1.807) is 0 Å². The van der Waals surface area contributed by atoms with Crippen LogP contribution in [0.5, 0.6) is 5.75 Å². The largest absolute Gasteiger partial charge is 0.484 e. The van der Waals surface area contributed by atoms with Gasteiger partial charge in [0.1, 0.15) is 6.61 Å². The number of halogens is 2. The van der Waals surface area contributed by atoms with Crippen LogP contribution >= 0.6 is 11.6 Å². The van der Waals surface area contributed by atoms with Gasteiger partial charge >= 0.3 is 5.97 Å². The minimum absolute atomic E-state index is 0.00131. The average molecular weight is 325 g/mol. The van der Waals surface area contributed by atoms with Crippen LogP contribution in [-0.2, 0) is 16.1 Å². The summed E-state index contributed by atoms with van der Waals surface area (Å²) in [5.74, 6) is -1.79. The predicted octanol–water partition coefficient (Wildman–Crippen LogP) is 3.26. The first-order valence-corrected chi connectivity index (χ1v) is 6.82. The Kier molecular flexibility index (Phi) is 5.35. The Balaban J connectivity index is 2.18. The molecule has 2 aromatic rings. The molecule has 0 aliphatic carbocycles. The highest BCUT2D eigenvalue weighted by Crippen LogP contribution is 2.32. The summed E-state index contributed by atoms with van der Waals surface area (Å²) >= 11 is 5.96. The van der Waals surface area contributed by atoms with Gasteiger partial charge in [0.2, 0.25) is 0 Å². The first-order chi connectivity index (χ1) is 10.5. The highest BCUT2D eigenvalue weighted by molar-refractivity contribution is 6.32. The summed E-state index contributed by atoms with van der Waals surface area (Å²) in [4.78, 5) is 11.3. The van der Waals surface area contributed by atoms with Crippen LogP contribution in [-0.4, -0.2) is 18.2 Å². The second-order valence-corrected chi connectivity index (χ2v) is 4.92. The second kappa shape index (κ2) is 7.24. The van der Waals surface area contributed by atoms with Crippen molar-refractivity contribution in [3.8, 4) is 5.75 Å². The van der Waals surface area contributed by atoms with Crippen molar-refractivity contribution in [3.05, 3.63) is 64.4 Å². The van der Waals surface area contributed by atoms with Crippen LogP contribution in [0.15, 0.2) is 42.5 Å². The van der Waals surface area contributed by atoms with Crippen molar-refractivity contribution in [3.63, 3.8) is 0 Å². The molecular formula is C16H14ClFO4. The van der Waals surface area contributed by atoms with Gasteiger partial charge in [-0.05, 0) is 23.3 Å². The van der Waals surface area contributed by atoms with Gasteiger partial charge < -0.3 is 14.6 Å². The van der Waals surface area contributed by atoms with E-state index in [2.05, 4.69) is 4.74 Å². The maximum absolute atomic E-state index is 14.1. The Labute approximate surface area is 132 Å². The Hall–Kier alpha value is -2.11. The van der Waals surface area contributed by atoms with Gasteiger partial charge in [0, 0.05) is 0 Å². The summed E-state index contributed by atoms with van der Waals surface area (Å²) in [6, 6.07) is 11.5. The zero-order valence-corrected chi connectivity index (χ0v) is 12.5. The maximum Gasteiger partial charge on any atom is 0.339 e. The molecule has 0 saturated heterocycles. The lowest BCUT2D eigenvalue weighted by molar-refractivity contribution is -0.150. The molecule has 0 aliphatic rings. The summed E-state index contributed by atoms with van der Waals surface area (Å²) in [5, 5.41) is 9.66. The number of esters is 1. The molecule has 0 saturated carbocycles. The maximum atomic E-state index is 14.1. The average Bonchev–Trinajstić information content (AvgIpc) is 2.53. The Morgan fingerprint density at radius 3 is 2.59 bits per heavy atom. The van der Waals surface area contributed by atoms with Crippen molar-refractivity contribution in [2.45, 2.75) is 12.7 Å². The van der Waals surface area contributed by atoms with E-state index in [9.17, 15) is 14.3 Å². The van der Waals surface area contributed by atoms with E-state index in [0.717, 1.165) is 18.7 Å². The van der Waals surface area contributed by atoms with E-state index in [4.69, 9.17) is 16.3 Å². The van der Waals surface area contributed by atoms with Crippen LogP contribution in [0.3, 0.4) is 0 Å². The van der Waals surface area contributed by atoms with E-state index in [1.165, 1.54) is 6.07 Å². The van der Waals surface area contributed by atoms with Crippen molar-refractivity contribution >= 4 is 17.6 Å². The highest BCUT2D eigenvalue weighted by atomic mass is 35.5. The first-order valence-electron chi connectivity index (χ1n) is 6.44. The Morgan fingerprint density at radius 2 is 2.00 bits per heavy atom. The first kappa shape index (κ1) is 16.3. The molecule has 0 bridgehead atoms. The van der Waals surface area contributed by atoms with Crippen molar-refractivity contribution in [1.82, 2.24) is 0 Å². The summed E-state index contributed by atoms with van der Waals surface area (Å²) < 4.78 is 23.8. The van der Waals surface area contributed by atoms with Gasteiger partial charge in [-0.1, -0.05) is 41.9 Å². The molecular weight excluding hydrogens is 311 g/mol. The third-order valence-electron chi connectivity index (χ3n) is 2.99. The smallest absolute Gasteiger partial charge is 0.339 e. The van der Waals surface area contributed by atoms with Crippen molar-refractivity contribution < 1.29 is 23.8 Å². The molecule has 1 atom stereocenters. The van der Waals surface area contributed by atoms with E-state index < -0.39 is 17.9 Å². The number of carbonyl (C=O) groups excluding carboxylic acids is 1. The number of hydrogen-bond donors (Lipinski definition) is 1. The third-order valence-corrected chi connectivity index (χ3v) is 3.27. The summed E-state index contributed by atoms with van der Waals surface area (Å²) in [5.41, 5.74) is 0.859. The van der Waals surface area contributed by atoms with Gasteiger partial charge in [-0.2, -0.15) is 0 Å². The standard InChI is InChI=1S/C16H14ClFO4/c1-21-16(20)14(19)11-7-12(17)15(13(18)8-11)22-9-10-5-3-2-4-6-10/h2-8,14,19H,9H2,1H3. The Morgan fingerprint density at radius 1 is 1.32 bits per heavy atom. The van der Waals surface area contributed by atoms with Crippen LogP contribution in [0.4, 0.5) is 4.39 Å². The number of aliphatic hydroxyl groups excluding tert-OH is 1. The van der Waals surface area contributed by atoms with Crippen LogP contribution in [0, 0.1) is 5.82 Å². The molecule has 1 unspecified atom stereocenters. The summed E-state index contributed by atoms with van der Waals surface area (Å²) in [6.45, 7) is 0.149. The zero-order chi connectivity index (χ0) is 16.1. The summed E-state index contributed by atoms with van der Waals surface area (Å²) in [7, 11) is 1.13. The molecule has 6 heteroatoms.